The smallest absolute Gasteiger partial charge is 0.334 e. The molecule has 6 rings (SSSR count). The molecule has 6 heteroatoms. The molecule has 0 radical (unpaired) electrons. The third kappa shape index (κ3) is 2.17. The van der Waals surface area contributed by atoms with Crippen LogP contribution in [-0.2, 0) is 14.4 Å². The minimum absolute atomic E-state index is 0.158. The average Bonchev–Trinajstić information content (AvgIpc) is 3.41. The fraction of sp³-hybridized carbons (Fsp3) is 0.450. The Hall–Kier alpha value is -1.95. The van der Waals surface area contributed by atoms with Crippen LogP contribution in [0.3, 0.4) is 0 Å². The van der Waals surface area contributed by atoms with Crippen molar-refractivity contribution in [2.45, 2.75) is 19.4 Å². The topological polar surface area (TPSA) is 63.7 Å². The summed E-state index contributed by atoms with van der Waals surface area (Å²) in [5.74, 6) is 0.240. The molecule has 26 heavy (non-hydrogen) atoms. The summed E-state index contributed by atoms with van der Waals surface area (Å²) in [5.41, 5.74) is 0. The minimum Gasteiger partial charge on any atom is -0.425 e. The van der Waals surface area contributed by atoms with E-state index < -0.39 is 12.0 Å². The lowest BCUT2D eigenvalue weighted by molar-refractivity contribution is -0.152. The van der Waals surface area contributed by atoms with E-state index in [0.717, 1.165) is 15.8 Å². The van der Waals surface area contributed by atoms with E-state index in [2.05, 4.69) is 28.1 Å². The summed E-state index contributed by atoms with van der Waals surface area (Å²) in [4.78, 5) is 39.7. The minimum atomic E-state index is -0.917. The van der Waals surface area contributed by atoms with Gasteiger partial charge in [-0.25, -0.2) is 4.79 Å². The van der Waals surface area contributed by atoms with Crippen LogP contribution >= 0.6 is 15.9 Å². The molecule has 1 saturated heterocycles. The number of carbonyl (C=O) groups excluding carboxylic acids is 3. The summed E-state index contributed by atoms with van der Waals surface area (Å²) < 4.78 is 6.25. The highest BCUT2D eigenvalue weighted by Gasteiger charge is 2.67. The Labute approximate surface area is 159 Å². The first-order chi connectivity index (χ1) is 12.5. The number of imide groups is 1. The normalized spacial score (nSPS) is 37.4. The number of nitrogens with zero attached hydrogens (tertiary/aromatic N) is 1. The van der Waals surface area contributed by atoms with E-state index >= 15 is 0 Å². The number of likely N-dealkylation sites (tertiary alicyclic amines) is 1. The molecule has 0 N–H and O–H groups in total. The number of hydrogen-bond acceptors (Lipinski definition) is 4. The van der Waals surface area contributed by atoms with Gasteiger partial charge in [-0.05, 0) is 61.3 Å². The highest BCUT2D eigenvalue weighted by molar-refractivity contribution is 9.10. The van der Waals surface area contributed by atoms with Gasteiger partial charge >= 0.3 is 5.97 Å². The number of amides is 2. The number of carbonyl (C=O) groups is 3. The second kappa shape index (κ2) is 5.52. The van der Waals surface area contributed by atoms with E-state index in [9.17, 15) is 14.4 Å². The first-order valence-corrected chi connectivity index (χ1v) is 9.79. The Kier molecular flexibility index (Phi) is 3.45. The fourth-order valence-corrected chi connectivity index (χ4v) is 5.44. The number of esters is 1. The number of halogens is 1. The molecule has 4 aliphatic carbocycles. The molecule has 0 spiro atoms. The quantitative estimate of drug-likeness (QED) is 0.329. The van der Waals surface area contributed by atoms with E-state index in [1.165, 1.54) is 0 Å². The predicted molar refractivity (Wildman–Crippen MR) is 95.8 cm³/mol. The molecule has 3 fully saturated rings. The van der Waals surface area contributed by atoms with Crippen LogP contribution in [0.5, 0.6) is 5.75 Å². The van der Waals surface area contributed by atoms with Crippen molar-refractivity contribution in [3.05, 3.63) is 40.9 Å². The van der Waals surface area contributed by atoms with Gasteiger partial charge in [0.25, 0.3) is 0 Å². The molecule has 5 aliphatic rings. The van der Waals surface area contributed by atoms with Gasteiger partial charge in [0.2, 0.25) is 11.8 Å². The maximum Gasteiger partial charge on any atom is 0.334 e. The average molecular weight is 416 g/mol. The van der Waals surface area contributed by atoms with Crippen molar-refractivity contribution in [2.75, 3.05) is 0 Å². The van der Waals surface area contributed by atoms with Crippen LogP contribution < -0.4 is 4.74 Å². The SMILES string of the molecule is C[C@H](C(=O)Oc1ccc(Br)cc1)N1C(=O)[C@@H]2[C@H]3C=C[C@@H]([C@@H]4C[C@@H]34)[C@@H]2C1=O. The fourth-order valence-electron chi connectivity index (χ4n) is 5.17. The number of rotatable bonds is 3. The third-order valence-electron chi connectivity index (χ3n) is 6.46. The van der Waals surface area contributed by atoms with Gasteiger partial charge < -0.3 is 4.74 Å². The first kappa shape index (κ1) is 16.2. The van der Waals surface area contributed by atoms with Crippen molar-refractivity contribution in [3.63, 3.8) is 0 Å². The molecule has 1 aliphatic heterocycles. The Bertz CT molecular complexity index is 812. The van der Waals surface area contributed by atoms with E-state index in [4.69, 9.17) is 4.74 Å². The van der Waals surface area contributed by atoms with Crippen LogP contribution in [0.1, 0.15) is 13.3 Å². The molecule has 7 atom stereocenters. The molecule has 1 aromatic rings. The number of ether oxygens (including phenoxy) is 1. The second-order valence-corrected chi connectivity index (χ2v) is 8.67. The zero-order chi connectivity index (χ0) is 18.2. The number of benzene rings is 1. The van der Waals surface area contributed by atoms with Crippen molar-refractivity contribution >= 4 is 33.7 Å². The second-order valence-electron chi connectivity index (χ2n) is 7.75. The summed E-state index contributed by atoms with van der Waals surface area (Å²) in [6, 6.07) is 5.95. The van der Waals surface area contributed by atoms with Gasteiger partial charge in [0.15, 0.2) is 0 Å². The zero-order valence-electron chi connectivity index (χ0n) is 14.2. The van der Waals surface area contributed by atoms with Gasteiger partial charge in [-0.2, -0.15) is 0 Å². The summed E-state index contributed by atoms with van der Waals surface area (Å²) in [6.07, 6.45) is 5.37. The first-order valence-electron chi connectivity index (χ1n) is 9.00. The van der Waals surface area contributed by atoms with E-state index in [0.29, 0.717) is 17.6 Å². The van der Waals surface area contributed by atoms with Crippen LogP contribution in [-0.4, -0.2) is 28.7 Å². The molecular weight excluding hydrogens is 398 g/mol. The molecule has 2 amide bonds. The van der Waals surface area contributed by atoms with Crippen LogP contribution in [0.4, 0.5) is 0 Å². The molecule has 0 unspecified atom stereocenters. The van der Waals surface area contributed by atoms with E-state index in [-0.39, 0.29) is 35.5 Å². The molecule has 2 bridgehead atoms. The monoisotopic (exact) mass is 415 g/mol. The Balaban J connectivity index is 1.37. The molecule has 1 aromatic carbocycles. The summed E-state index contributed by atoms with van der Waals surface area (Å²) in [6.45, 7) is 1.57. The van der Waals surface area contributed by atoms with Crippen LogP contribution in [0, 0.1) is 35.5 Å². The Morgan fingerprint density at radius 3 is 2.15 bits per heavy atom. The molecule has 134 valence electrons. The molecule has 2 saturated carbocycles. The lowest BCUT2D eigenvalue weighted by Gasteiger charge is -2.37. The highest BCUT2D eigenvalue weighted by atomic mass is 79.9. The summed E-state index contributed by atoms with van der Waals surface area (Å²) in [5, 5.41) is 0. The Morgan fingerprint density at radius 2 is 1.62 bits per heavy atom. The van der Waals surface area contributed by atoms with Crippen molar-refractivity contribution in [3.8, 4) is 5.75 Å². The van der Waals surface area contributed by atoms with Crippen molar-refractivity contribution in [2.24, 2.45) is 35.5 Å². The number of allylic oxidation sites excluding steroid dienone is 2. The Morgan fingerprint density at radius 1 is 1.08 bits per heavy atom. The largest absolute Gasteiger partial charge is 0.425 e. The van der Waals surface area contributed by atoms with Gasteiger partial charge in [-0.1, -0.05) is 28.1 Å². The van der Waals surface area contributed by atoms with Crippen molar-refractivity contribution < 1.29 is 19.1 Å². The van der Waals surface area contributed by atoms with Crippen molar-refractivity contribution in [1.82, 2.24) is 4.90 Å². The number of hydrogen-bond donors (Lipinski definition) is 0. The molecular formula is C20H18BrNO4. The molecule has 0 aromatic heterocycles. The highest BCUT2D eigenvalue weighted by Crippen LogP contribution is 2.65. The van der Waals surface area contributed by atoms with Crippen LogP contribution in [0.25, 0.3) is 0 Å². The standard InChI is InChI=1S/C20H18BrNO4/c1-9(20(25)26-11-4-2-10(21)3-5-11)22-18(23)16-12-6-7-13(15-8-14(12)15)17(16)19(22)24/h2-7,9,12-17H,8H2,1H3/t9-,12+,13+,14+,15+,16-,17+/m1/s1. The molecule has 5 nitrogen and oxygen atoms in total. The summed E-state index contributed by atoms with van der Waals surface area (Å²) >= 11 is 3.33. The summed E-state index contributed by atoms with van der Waals surface area (Å²) in [7, 11) is 0. The van der Waals surface area contributed by atoms with E-state index in [1.54, 1.807) is 31.2 Å². The zero-order valence-corrected chi connectivity index (χ0v) is 15.8. The maximum atomic E-state index is 13.0. The van der Waals surface area contributed by atoms with Crippen LogP contribution in [0.2, 0.25) is 0 Å². The van der Waals surface area contributed by atoms with Gasteiger partial charge in [0.05, 0.1) is 11.8 Å². The van der Waals surface area contributed by atoms with Gasteiger partial charge in [0.1, 0.15) is 11.8 Å². The van der Waals surface area contributed by atoms with Crippen molar-refractivity contribution in [1.29, 1.82) is 0 Å². The van der Waals surface area contributed by atoms with Crippen LogP contribution in [0.15, 0.2) is 40.9 Å². The van der Waals surface area contributed by atoms with Gasteiger partial charge in [-0.3, -0.25) is 14.5 Å². The third-order valence-corrected chi connectivity index (χ3v) is 6.99. The molecule has 1 heterocycles. The predicted octanol–water partition coefficient (Wildman–Crippen LogP) is 2.80. The van der Waals surface area contributed by atoms with Gasteiger partial charge in [0, 0.05) is 4.47 Å². The lowest BCUT2D eigenvalue weighted by atomic mass is 9.63. The van der Waals surface area contributed by atoms with Gasteiger partial charge in [-0.15, -0.1) is 0 Å². The van der Waals surface area contributed by atoms with E-state index in [1.807, 2.05) is 0 Å². The lowest BCUT2D eigenvalue weighted by Crippen LogP contribution is -2.45. The maximum absolute atomic E-state index is 13.0.